The van der Waals surface area contributed by atoms with Gasteiger partial charge < -0.3 is 5.32 Å². The molecule has 2 heteroatoms. The van der Waals surface area contributed by atoms with Gasteiger partial charge >= 0.3 is 0 Å². The van der Waals surface area contributed by atoms with E-state index in [0.717, 1.165) is 19.4 Å². The predicted octanol–water partition coefficient (Wildman–Crippen LogP) is 5.35. The van der Waals surface area contributed by atoms with Crippen LogP contribution in [0.25, 0.3) is 0 Å². The van der Waals surface area contributed by atoms with E-state index >= 15 is 0 Å². The third kappa shape index (κ3) is 4.18. The summed E-state index contributed by atoms with van der Waals surface area (Å²) in [6.45, 7) is 7.64. The minimum atomic E-state index is 0.364. The zero-order valence-corrected chi connectivity index (χ0v) is 14.7. The molecule has 1 nitrogen and oxygen atoms in total. The predicted molar refractivity (Wildman–Crippen MR) is 94.8 cm³/mol. The van der Waals surface area contributed by atoms with Crippen LogP contribution in [-0.2, 0) is 6.42 Å². The zero-order chi connectivity index (χ0) is 15.2. The van der Waals surface area contributed by atoms with E-state index in [1.807, 2.05) is 0 Å². The van der Waals surface area contributed by atoms with E-state index in [-0.39, 0.29) is 0 Å². The van der Waals surface area contributed by atoms with E-state index in [0.29, 0.717) is 6.04 Å². The fraction of sp³-hybridized carbons (Fsp3) is 0.368. The topological polar surface area (TPSA) is 12.0 Å². The van der Waals surface area contributed by atoms with Gasteiger partial charge in [0.15, 0.2) is 0 Å². The standard InChI is InChI=1S/C19H24BrN/c1-4-12-21-19(13-16-9-6-5-8-14(16)2)17-10-7-11-18(20)15(17)3/h5-11,19,21H,4,12-13H2,1-3H3. The van der Waals surface area contributed by atoms with Gasteiger partial charge in [0.25, 0.3) is 0 Å². The monoisotopic (exact) mass is 345 g/mol. The second-order valence-electron chi connectivity index (χ2n) is 5.59. The van der Waals surface area contributed by atoms with Crippen LogP contribution in [-0.4, -0.2) is 6.54 Å². The average Bonchev–Trinajstić information content (AvgIpc) is 2.48. The molecule has 0 fully saturated rings. The van der Waals surface area contributed by atoms with Crippen molar-refractivity contribution in [1.29, 1.82) is 0 Å². The molecule has 0 radical (unpaired) electrons. The number of benzene rings is 2. The Kier molecular flexibility index (Phi) is 6.01. The van der Waals surface area contributed by atoms with Crippen molar-refractivity contribution in [1.82, 2.24) is 5.32 Å². The first-order valence-corrected chi connectivity index (χ1v) is 8.45. The first-order valence-electron chi connectivity index (χ1n) is 7.66. The van der Waals surface area contributed by atoms with Crippen LogP contribution in [0.15, 0.2) is 46.9 Å². The highest BCUT2D eigenvalue weighted by atomic mass is 79.9. The summed E-state index contributed by atoms with van der Waals surface area (Å²) in [4.78, 5) is 0. The molecule has 1 unspecified atom stereocenters. The minimum absolute atomic E-state index is 0.364. The number of nitrogens with one attached hydrogen (secondary N) is 1. The number of hydrogen-bond donors (Lipinski definition) is 1. The highest BCUT2D eigenvalue weighted by Crippen LogP contribution is 2.27. The molecule has 2 rings (SSSR count). The molecule has 0 saturated carbocycles. The molecule has 0 aliphatic rings. The average molecular weight is 346 g/mol. The molecule has 112 valence electrons. The molecule has 0 aromatic heterocycles. The van der Waals surface area contributed by atoms with Gasteiger partial charge in [-0.2, -0.15) is 0 Å². The molecule has 0 saturated heterocycles. The van der Waals surface area contributed by atoms with Crippen molar-refractivity contribution >= 4 is 15.9 Å². The fourth-order valence-electron chi connectivity index (χ4n) is 2.67. The Bertz CT molecular complexity index is 592. The smallest absolute Gasteiger partial charge is 0.0363 e. The Balaban J connectivity index is 2.30. The van der Waals surface area contributed by atoms with Gasteiger partial charge in [0.1, 0.15) is 0 Å². The summed E-state index contributed by atoms with van der Waals surface area (Å²) in [6, 6.07) is 15.5. The summed E-state index contributed by atoms with van der Waals surface area (Å²) < 4.78 is 1.19. The van der Waals surface area contributed by atoms with Crippen LogP contribution in [0.4, 0.5) is 0 Å². The Morgan fingerprint density at radius 2 is 1.81 bits per heavy atom. The van der Waals surface area contributed by atoms with Crippen LogP contribution >= 0.6 is 15.9 Å². The lowest BCUT2D eigenvalue weighted by Gasteiger charge is -2.22. The van der Waals surface area contributed by atoms with Gasteiger partial charge in [-0.15, -0.1) is 0 Å². The molecule has 21 heavy (non-hydrogen) atoms. The van der Waals surface area contributed by atoms with Crippen LogP contribution in [0.3, 0.4) is 0 Å². The summed E-state index contributed by atoms with van der Waals surface area (Å²) in [5, 5.41) is 3.71. The maximum atomic E-state index is 3.71. The Hall–Kier alpha value is -1.12. The summed E-state index contributed by atoms with van der Waals surface area (Å²) in [6.07, 6.45) is 2.18. The molecule has 0 aliphatic carbocycles. The molecule has 1 atom stereocenters. The molecule has 2 aromatic rings. The van der Waals surface area contributed by atoms with Gasteiger partial charge in [-0.25, -0.2) is 0 Å². The van der Waals surface area contributed by atoms with Crippen molar-refractivity contribution < 1.29 is 0 Å². The molecule has 1 N–H and O–H groups in total. The van der Waals surface area contributed by atoms with Crippen LogP contribution < -0.4 is 5.32 Å². The van der Waals surface area contributed by atoms with E-state index in [9.17, 15) is 0 Å². The zero-order valence-electron chi connectivity index (χ0n) is 13.1. The van der Waals surface area contributed by atoms with Crippen molar-refractivity contribution in [3.05, 3.63) is 69.2 Å². The highest BCUT2D eigenvalue weighted by Gasteiger charge is 2.15. The van der Waals surface area contributed by atoms with Crippen molar-refractivity contribution in [3.63, 3.8) is 0 Å². The largest absolute Gasteiger partial charge is 0.310 e. The first-order chi connectivity index (χ1) is 10.1. The molecule has 2 aromatic carbocycles. The third-order valence-corrected chi connectivity index (χ3v) is 4.87. The van der Waals surface area contributed by atoms with Crippen LogP contribution in [0, 0.1) is 13.8 Å². The SMILES string of the molecule is CCCNC(Cc1ccccc1C)c1cccc(Br)c1C. The lowest BCUT2D eigenvalue weighted by molar-refractivity contribution is 0.526. The Labute approximate surface area is 136 Å². The summed E-state index contributed by atoms with van der Waals surface area (Å²) in [5.41, 5.74) is 5.51. The van der Waals surface area contributed by atoms with Crippen LogP contribution in [0.1, 0.15) is 41.6 Å². The molecule has 0 spiro atoms. The fourth-order valence-corrected chi connectivity index (χ4v) is 3.05. The van der Waals surface area contributed by atoms with Gasteiger partial charge in [-0.3, -0.25) is 0 Å². The highest BCUT2D eigenvalue weighted by molar-refractivity contribution is 9.10. The number of rotatable bonds is 6. The maximum absolute atomic E-state index is 3.71. The van der Waals surface area contributed by atoms with Crippen molar-refractivity contribution in [2.45, 2.75) is 39.7 Å². The maximum Gasteiger partial charge on any atom is 0.0363 e. The molecule has 0 bridgehead atoms. The Morgan fingerprint density at radius 1 is 1.05 bits per heavy atom. The summed E-state index contributed by atoms with van der Waals surface area (Å²) >= 11 is 3.65. The van der Waals surface area contributed by atoms with Gasteiger partial charge in [-0.05, 0) is 61.6 Å². The molecule has 0 amide bonds. The second kappa shape index (κ2) is 7.77. The quantitative estimate of drug-likeness (QED) is 0.743. The van der Waals surface area contributed by atoms with E-state index in [1.54, 1.807) is 0 Å². The molecule has 0 heterocycles. The van der Waals surface area contributed by atoms with Crippen LogP contribution in [0.2, 0.25) is 0 Å². The molecular weight excluding hydrogens is 322 g/mol. The van der Waals surface area contributed by atoms with Gasteiger partial charge in [-0.1, -0.05) is 59.3 Å². The number of hydrogen-bond acceptors (Lipinski definition) is 1. The second-order valence-corrected chi connectivity index (χ2v) is 6.45. The van der Waals surface area contributed by atoms with Crippen molar-refractivity contribution in [3.8, 4) is 0 Å². The van der Waals surface area contributed by atoms with E-state index in [2.05, 4.69) is 84.5 Å². The summed E-state index contributed by atoms with van der Waals surface area (Å²) in [7, 11) is 0. The van der Waals surface area contributed by atoms with Gasteiger partial charge in [0, 0.05) is 10.5 Å². The van der Waals surface area contributed by atoms with Crippen molar-refractivity contribution in [2.24, 2.45) is 0 Å². The van der Waals surface area contributed by atoms with Crippen LogP contribution in [0.5, 0.6) is 0 Å². The van der Waals surface area contributed by atoms with E-state index in [4.69, 9.17) is 0 Å². The number of halogens is 1. The van der Waals surface area contributed by atoms with Gasteiger partial charge in [0.2, 0.25) is 0 Å². The van der Waals surface area contributed by atoms with E-state index < -0.39 is 0 Å². The molecule has 0 aliphatic heterocycles. The van der Waals surface area contributed by atoms with Gasteiger partial charge in [0.05, 0.1) is 0 Å². The Morgan fingerprint density at radius 3 is 2.52 bits per heavy atom. The lowest BCUT2D eigenvalue weighted by Crippen LogP contribution is -2.25. The number of aryl methyl sites for hydroxylation is 1. The summed E-state index contributed by atoms with van der Waals surface area (Å²) in [5.74, 6) is 0. The third-order valence-electron chi connectivity index (χ3n) is 4.01. The first kappa shape index (κ1) is 16.3. The molecular formula is C19H24BrN. The minimum Gasteiger partial charge on any atom is -0.310 e. The normalized spacial score (nSPS) is 12.4. The lowest BCUT2D eigenvalue weighted by atomic mass is 9.93. The van der Waals surface area contributed by atoms with Crippen molar-refractivity contribution in [2.75, 3.05) is 6.54 Å². The van der Waals surface area contributed by atoms with E-state index in [1.165, 1.54) is 26.7 Å².